The lowest BCUT2D eigenvalue weighted by atomic mass is 10.1. The Kier molecular flexibility index (Phi) is 5.07. The molecule has 1 aromatic heterocycles. The van der Waals surface area contributed by atoms with Crippen LogP contribution in [0.5, 0.6) is 0 Å². The topological polar surface area (TPSA) is 66.9 Å². The Morgan fingerprint density at radius 3 is 2.15 bits per heavy atom. The molecule has 0 unspecified atom stereocenters. The maximum Gasteiger partial charge on any atom is 0.416 e. The number of halogens is 3. The maximum atomic E-state index is 12.6. The van der Waals surface area contributed by atoms with Crippen LogP contribution in [0.3, 0.4) is 0 Å². The molecule has 0 radical (unpaired) electrons. The first-order chi connectivity index (χ1) is 12.8. The Hall–Kier alpha value is -3.42. The molecule has 0 fully saturated rings. The quantitative estimate of drug-likeness (QED) is 0.690. The van der Waals surface area contributed by atoms with Crippen molar-refractivity contribution in [2.45, 2.75) is 13.1 Å². The standard InChI is InChI=1S/C19H15F3N4O/c1-12-10-17(24-11-23-12)25-15-6-8-16(9-7-15)26-18(27)13-2-4-14(5-3-13)19(20,21)22/h2-11H,1H3,(H,26,27)(H,23,24,25). The third kappa shape index (κ3) is 4.81. The predicted octanol–water partition coefficient (Wildman–Crippen LogP) is 4.80. The number of hydrogen-bond acceptors (Lipinski definition) is 4. The highest BCUT2D eigenvalue weighted by Gasteiger charge is 2.30. The van der Waals surface area contributed by atoms with E-state index in [2.05, 4.69) is 20.6 Å². The molecule has 2 aromatic carbocycles. The second-order valence-corrected chi connectivity index (χ2v) is 5.78. The van der Waals surface area contributed by atoms with Crippen molar-refractivity contribution < 1.29 is 18.0 Å². The molecule has 0 spiro atoms. The average Bonchev–Trinajstić information content (AvgIpc) is 2.63. The van der Waals surface area contributed by atoms with E-state index in [1.165, 1.54) is 6.33 Å². The van der Waals surface area contributed by atoms with Crippen molar-refractivity contribution in [3.05, 3.63) is 77.7 Å². The van der Waals surface area contributed by atoms with Gasteiger partial charge in [0, 0.05) is 28.7 Å². The van der Waals surface area contributed by atoms with E-state index in [1.807, 2.05) is 6.92 Å². The van der Waals surface area contributed by atoms with Crippen LogP contribution in [0.15, 0.2) is 60.9 Å². The minimum atomic E-state index is -4.43. The van der Waals surface area contributed by atoms with Crippen molar-refractivity contribution in [3.8, 4) is 0 Å². The summed E-state index contributed by atoms with van der Waals surface area (Å²) in [5.41, 5.74) is 1.45. The summed E-state index contributed by atoms with van der Waals surface area (Å²) < 4.78 is 37.7. The Labute approximate surface area is 153 Å². The summed E-state index contributed by atoms with van der Waals surface area (Å²) >= 11 is 0. The minimum absolute atomic E-state index is 0.140. The number of nitrogens with one attached hydrogen (secondary N) is 2. The number of aryl methyl sites for hydroxylation is 1. The molecule has 0 aliphatic carbocycles. The van der Waals surface area contributed by atoms with Crippen LogP contribution in [0.2, 0.25) is 0 Å². The Bertz CT molecular complexity index is 938. The van der Waals surface area contributed by atoms with Crippen LogP contribution in [0.25, 0.3) is 0 Å². The van der Waals surface area contributed by atoms with E-state index in [1.54, 1.807) is 30.3 Å². The van der Waals surface area contributed by atoms with Gasteiger partial charge < -0.3 is 10.6 Å². The number of anilines is 3. The van der Waals surface area contributed by atoms with Crippen molar-refractivity contribution in [2.24, 2.45) is 0 Å². The molecule has 1 amide bonds. The molecular formula is C19H15F3N4O. The van der Waals surface area contributed by atoms with Gasteiger partial charge in [-0.2, -0.15) is 13.2 Å². The van der Waals surface area contributed by atoms with Crippen LogP contribution in [-0.4, -0.2) is 15.9 Å². The number of carbonyl (C=O) groups is 1. The Balaban J connectivity index is 1.64. The SMILES string of the molecule is Cc1cc(Nc2ccc(NC(=O)c3ccc(C(F)(F)F)cc3)cc2)ncn1. The molecule has 0 atom stereocenters. The van der Waals surface area contributed by atoms with Crippen LogP contribution in [0.4, 0.5) is 30.4 Å². The van der Waals surface area contributed by atoms with Gasteiger partial charge in [0.05, 0.1) is 5.56 Å². The first kappa shape index (κ1) is 18.4. The van der Waals surface area contributed by atoms with E-state index in [-0.39, 0.29) is 5.56 Å². The molecule has 5 nitrogen and oxygen atoms in total. The number of hydrogen-bond donors (Lipinski definition) is 2. The van der Waals surface area contributed by atoms with Gasteiger partial charge in [0.1, 0.15) is 12.1 Å². The summed E-state index contributed by atoms with van der Waals surface area (Å²) in [5, 5.41) is 5.75. The molecule has 0 saturated carbocycles. The number of alkyl halides is 3. The molecule has 0 aliphatic heterocycles. The highest BCUT2D eigenvalue weighted by molar-refractivity contribution is 6.04. The van der Waals surface area contributed by atoms with E-state index >= 15 is 0 Å². The van der Waals surface area contributed by atoms with Crippen molar-refractivity contribution in [3.63, 3.8) is 0 Å². The van der Waals surface area contributed by atoms with Gasteiger partial charge in [-0.25, -0.2) is 9.97 Å². The first-order valence-electron chi connectivity index (χ1n) is 7.95. The molecule has 27 heavy (non-hydrogen) atoms. The molecule has 1 heterocycles. The number of aromatic nitrogens is 2. The molecule has 2 N–H and O–H groups in total. The Morgan fingerprint density at radius 2 is 1.56 bits per heavy atom. The fraction of sp³-hybridized carbons (Fsp3) is 0.105. The first-order valence-corrected chi connectivity index (χ1v) is 7.95. The molecule has 0 saturated heterocycles. The average molecular weight is 372 g/mol. The van der Waals surface area contributed by atoms with Gasteiger partial charge in [-0.1, -0.05) is 0 Å². The van der Waals surface area contributed by atoms with Gasteiger partial charge in [0.15, 0.2) is 0 Å². The number of amides is 1. The fourth-order valence-electron chi connectivity index (χ4n) is 2.32. The van der Waals surface area contributed by atoms with E-state index in [0.29, 0.717) is 11.5 Å². The summed E-state index contributed by atoms with van der Waals surface area (Å²) in [4.78, 5) is 20.3. The number of nitrogens with zero attached hydrogens (tertiary/aromatic N) is 2. The van der Waals surface area contributed by atoms with Crippen LogP contribution in [0, 0.1) is 6.92 Å². The van der Waals surface area contributed by atoms with Crippen LogP contribution in [-0.2, 0) is 6.18 Å². The van der Waals surface area contributed by atoms with Crippen molar-refractivity contribution >= 4 is 23.1 Å². The van der Waals surface area contributed by atoms with Crippen molar-refractivity contribution in [2.75, 3.05) is 10.6 Å². The third-order valence-corrected chi connectivity index (χ3v) is 3.69. The molecule has 8 heteroatoms. The summed E-state index contributed by atoms with van der Waals surface area (Å²) in [6.07, 6.45) is -2.98. The molecule has 3 aromatic rings. The van der Waals surface area contributed by atoms with Crippen molar-refractivity contribution in [1.82, 2.24) is 9.97 Å². The van der Waals surface area contributed by atoms with Crippen LogP contribution in [0.1, 0.15) is 21.6 Å². The second kappa shape index (κ2) is 7.45. The number of benzene rings is 2. The highest BCUT2D eigenvalue weighted by atomic mass is 19.4. The van der Waals surface area contributed by atoms with E-state index in [4.69, 9.17) is 0 Å². The third-order valence-electron chi connectivity index (χ3n) is 3.69. The van der Waals surface area contributed by atoms with Crippen LogP contribution < -0.4 is 10.6 Å². The summed E-state index contributed by atoms with van der Waals surface area (Å²) in [6, 6.07) is 12.7. The molecular weight excluding hydrogens is 357 g/mol. The van der Waals surface area contributed by atoms with Gasteiger partial charge in [-0.05, 0) is 55.5 Å². The van der Waals surface area contributed by atoms with Gasteiger partial charge in [-0.15, -0.1) is 0 Å². The van der Waals surface area contributed by atoms with Gasteiger partial charge in [0.2, 0.25) is 0 Å². The lowest BCUT2D eigenvalue weighted by molar-refractivity contribution is -0.137. The molecule has 138 valence electrons. The highest BCUT2D eigenvalue weighted by Crippen LogP contribution is 2.29. The summed E-state index contributed by atoms with van der Waals surface area (Å²) in [5.74, 6) is 0.153. The zero-order chi connectivity index (χ0) is 19.4. The summed E-state index contributed by atoms with van der Waals surface area (Å²) in [6.45, 7) is 1.85. The van der Waals surface area contributed by atoms with E-state index in [0.717, 1.165) is 35.6 Å². The molecule has 0 bridgehead atoms. The minimum Gasteiger partial charge on any atom is -0.340 e. The monoisotopic (exact) mass is 372 g/mol. The number of carbonyl (C=O) groups excluding carboxylic acids is 1. The lowest BCUT2D eigenvalue weighted by Gasteiger charge is -2.10. The Morgan fingerprint density at radius 1 is 0.926 bits per heavy atom. The second-order valence-electron chi connectivity index (χ2n) is 5.78. The van der Waals surface area contributed by atoms with E-state index in [9.17, 15) is 18.0 Å². The zero-order valence-corrected chi connectivity index (χ0v) is 14.2. The zero-order valence-electron chi connectivity index (χ0n) is 14.2. The maximum absolute atomic E-state index is 12.6. The molecule has 0 aliphatic rings. The van der Waals surface area contributed by atoms with Crippen molar-refractivity contribution in [1.29, 1.82) is 0 Å². The van der Waals surface area contributed by atoms with Crippen LogP contribution >= 0.6 is 0 Å². The fourth-order valence-corrected chi connectivity index (χ4v) is 2.32. The largest absolute Gasteiger partial charge is 0.416 e. The van der Waals surface area contributed by atoms with Gasteiger partial charge in [-0.3, -0.25) is 4.79 Å². The lowest BCUT2D eigenvalue weighted by Crippen LogP contribution is -2.12. The molecule has 3 rings (SSSR count). The van der Waals surface area contributed by atoms with Gasteiger partial charge in [0.25, 0.3) is 5.91 Å². The predicted molar refractivity (Wildman–Crippen MR) is 95.9 cm³/mol. The van der Waals surface area contributed by atoms with E-state index < -0.39 is 17.6 Å². The smallest absolute Gasteiger partial charge is 0.340 e. The normalized spacial score (nSPS) is 11.1. The number of rotatable bonds is 4. The summed E-state index contributed by atoms with van der Waals surface area (Å²) in [7, 11) is 0. The van der Waals surface area contributed by atoms with Gasteiger partial charge >= 0.3 is 6.18 Å².